The molecule has 29 heavy (non-hydrogen) atoms. The number of carbonyl (C=O) groups is 2. The van der Waals surface area contributed by atoms with Crippen molar-refractivity contribution < 1.29 is 14.3 Å². The van der Waals surface area contributed by atoms with Crippen molar-refractivity contribution in [3.8, 4) is 0 Å². The number of likely N-dealkylation sites (tertiary alicyclic amines) is 1. The number of carbonyl (C=O) groups excluding carboxylic acids is 2. The summed E-state index contributed by atoms with van der Waals surface area (Å²) in [6.45, 7) is 14.0. The molecule has 0 bridgehead atoms. The Morgan fingerprint density at radius 1 is 1.17 bits per heavy atom. The van der Waals surface area contributed by atoms with Gasteiger partial charge in [0.05, 0.1) is 0 Å². The highest BCUT2D eigenvalue weighted by Crippen LogP contribution is 2.29. The molecule has 1 aliphatic heterocycles. The lowest BCUT2D eigenvalue weighted by Gasteiger charge is -2.35. The van der Waals surface area contributed by atoms with E-state index in [1.807, 2.05) is 43.9 Å². The maximum Gasteiger partial charge on any atom is 0.410 e. The Morgan fingerprint density at radius 2 is 1.83 bits per heavy atom. The largest absolute Gasteiger partial charge is 0.444 e. The first-order valence-corrected chi connectivity index (χ1v) is 10.5. The van der Waals surface area contributed by atoms with Gasteiger partial charge in [0.15, 0.2) is 0 Å². The summed E-state index contributed by atoms with van der Waals surface area (Å²) in [6, 6.07) is 7.88. The van der Waals surface area contributed by atoms with Crippen molar-refractivity contribution in [1.29, 1.82) is 0 Å². The molecule has 1 fully saturated rings. The van der Waals surface area contributed by atoms with E-state index in [1.54, 1.807) is 11.9 Å². The van der Waals surface area contributed by atoms with E-state index in [2.05, 4.69) is 32.2 Å². The van der Waals surface area contributed by atoms with E-state index >= 15 is 0 Å². The van der Waals surface area contributed by atoms with Crippen LogP contribution in [0.15, 0.2) is 24.3 Å². The van der Waals surface area contributed by atoms with Gasteiger partial charge in [-0.25, -0.2) is 9.59 Å². The van der Waals surface area contributed by atoms with Gasteiger partial charge in [-0.2, -0.15) is 0 Å². The third kappa shape index (κ3) is 6.94. The number of hydrogen-bond acceptors (Lipinski definition) is 3. The Morgan fingerprint density at radius 3 is 2.45 bits per heavy atom. The number of anilines is 1. The molecule has 0 spiro atoms. The first kappa shape index (κ1) is 23.0. The van der Waals surface area contributed by atoms with Crippen LogP contribution in [0.5, 0.6) is 0 Å². The monoisotopic (exact) mass is 403 g/mol. The lowest BCUT2D eigenvalue weighted by atomic mass is 9.86. The number of rotatable bonds is 3. The summed E-state index contributed by atoms with van der Waals surface area (Å²) < 4.78 is 5.43. The van der Waals surface area contributed by atoms with E-state index in [9.17, 15) is 9.59 Å². The molecule has 6 heteroatoms. The molecule has 1 saturated heterocycles. The number of ether oxygens (including phenoxy) is 1. The minimum absolute atomic E-state index is 0.0512. The highest BCUT2D eigenvalue weighted by molar-refractivity contribution is 5.90. The van der Waals surface area contributed by atoms with Gasteiger partial charge < -0.3 is 19.9 Å². The molecule has 3 amide bonds. The maximum absolute atomic E-state index is 12.9. The summed E-state index contributed by atoms with van der Waals surface area (Å²) in [5, 5.41) is 3.10. The molecule has 1 atom stereocenters. The number of nitrogens with one attached hydrogen (secondary N) is 1. The number of urea groups is 1. The van der Waals surface area contributed by atoms with E-state index in [0.717, 1.165) is 30.6 Å². The van der Waals surface area contributed by atoms with Crippen LogP contribution in [0, 0.1) is 5.92 Å². The highest BCUT2D eigenvalue weighted by Gasteiger charge is 2.28. The van der Waals surface area contributed by atoms with Crippen LogP contribution in [-0.4, -0.2) is 54.2 Å². The molecule has 2 rings (SSSR count). The molecule has 0 aromatic heterocycles. The average molecular weight is 404 g/mol. The lowest BCUT2D eigenvalue weighted by Crippen LogP contribution is -2.46. The molecule has 1 aliphatic rings. The van der Waals surface area contributed by atoms with Crippen LogP contribution in [0.3, 0.4) is 0 Å². The minimum Gasteiger partial charge on any atom is -0.444 e. The van der Waals surface area contributed by atoms with E-state index in [1.165, 1.54) is 0 Å². The maximum atomic E-state index is 12.9. The van der Waals surface area contributed by atoms with Gasteiger partial charge in [0.2, 0.25) is 0 Å². The molecular weight excluding hydrogens is 366 g/mol. The first-order chi connectivity index (χ1) is 13.4. The lowest BCUT2D eigenvalue weighted by molar-refractivity contribution is 0.0253. The zero-order chi connectivity index (χ0) is 21.8. The second kappa shape index (κ2) is 9.06. The highest BCUT2D eigenvalue weighted by atomic mass is 16.6. The van der Waals surface area contributed by atoms with Gasteiger partial charge in [0.25, 0.3) is 0 Å². The molecule has 0 radical (unpaired) electrons. The summed E-state index contributed by atoms with van der Waals surface area (Å²) in [5.41, 5.74) is 1.42. The SMILES string of the molecule is CN(CC1CCCN(C(=O)Nc2ccccc2C(C)(C)C)C1)C(=O)OC(C)(C)C. The number of para-hydroxylation sites is 1. The van der Waals surface area contributed by atoms with Gasteiger partial charge in [-0.05, 0) is 56.6 Å². The van der Waals surface area contributed by atoms with E-state index < -0.39 is 5.60 Å². The Labute approximate surface area is 175 Å². The summed E-state index contributed by atoms with van der Waals surface area (Å²) >= 11 is 0. The van der Waals surface area contributed by atoms with Crippen LogP contribution in [-0.2, 0) is 10.2 Å². The third-order valence-corrected chi connectivity index (χ3v) is 5.02. The molecule has 1 heterocycles. The van der Waals surface area contributed by atoms with Crippen LogP contribution in [0.4, 0.5) is 15.3 Å². The molecule has 1 aromatic carbocycles. The number of piperidine rings is 1. The topological polar surface area (TPSA) is 61.9 Å². The summed E-state index contributed by atoms with van der Waals surface area (Å²) in [5.74, 6) is 0.241. The second-order valence-electron chi connectivity index (χ2n) is 10.0. The van der Waals surface area contributed by atoms with Crippen molar-refractivity contribution in [2.75, 3.05) is 32.0 Å². The zero-order valence-electron chi connectivity index (χ0n) is 19.0. The van der Waals surface area contributed by atoms with Crippen molar-refractivity contribution in [3.05, 3.63) is 29.8 Å². The van der Waals surface area contributed by atoms with Crippen LogP contribution in [0.2, 0.25) is 0 Å². The van der Waals surface area contributed by atoms with Gasteiger partial charge in [0, 0.05) is 32.4 Å². The van der Waals surface area contributed by atoms with Crippen LogP contribution in [0.1, 0.15) is 59.9 Å². The van der Waals surface area contributed by atoms with Crippen molar-refractivity contribution in [3.63, 3.8) is 0 Å². The zero-order valence-corrected chi connectivity index (χ0v) is 19.0. The molecular formula is C23H37N3O3. The average Bonchev–Trinajstić information content (AvgIpc) is 2.60. The molecule has 6 nitrogen and oxygen atoms in total. The van der Waals surface area contributed by atoms with Crippen molar-refractivity contribution in [2.45, 2.75) is 65.4 Å². The fourth-order valence-electron chi connectivity index (χ4n) is 3.64. The second-order valence-corrected chi connectivity index (χ2v) is 10.0. The normalized spacial score (nSPS) is 17.6. The Bertz CT molecular complexity index is 719. The fourth-order valence-corrected chi connectivity index (χ4v) is 3.64. The van der Waals surface area contributed by atoms with Crippen LogP contribution in [0.25, 0.3) is 0 Å². The minimum atomic E-state index is -0.510. The van der Waals surface area contributed by atoms with Crippen LogP contribution < -0.4 is 5.32 Å². The smallest absolute Gasteiger partial charge is 0.410 e. The van der Waals surface area contributed by atoms with Crippen molar-refractivity contribution in [2.24, 2.45) is 5.92 Å². The van der Waals surface area contributed by atoms with E-state index in [-0.39, 0.29) is 23.5 Å². The fraction of sp³-hybridized carbons (Fsp3) is 0.652. The molecule has 1 aromatic rings. The molecule has 1 N–H and O–H groups in total. The van der Waals surface area contributed by atoms with Crippen molar-refractivity contribution >= 4 is 17.8 Å². The molecule has 0 saturated carbocycles. The van der Waals surface area contributed by atoms with Gasteiger partial charge in [0.1, 0.15) is 5.60 Å². The summed E-state index contributed by atoms with van der Waals surface area (Å²) in [4.78, 5) is 28.6. The summed E-state index contributed by atoms with van der Waals surface area (Å²) in [7, 11) is 1.76. The predicted molar refractivity (Wildman–Crippen MR) is 117 cm³/mol. The predicted octanol–water partition coefficient (Wildman–Crippen LogP) is 5.09. The Hall–Kier alpha value is -2.24. The standard InChI is InChI=1S/C23H37N3O3/c1-22(2,3)18-12-8-9-13-19(18)24-20(27)26-14-10-11-17(16-26)15-25(7)21(28)29-23(4,5)6/h8-9,12-13,17H,10-11,14-16H2,1-7H3,(H,24,27). The molecule has 0 aliphatic carbocycles. The number of hydrogen-bond donors (Lipinski definition) is 1. The quantitative estimate of drug-likeness (QED) is 0.764. The van der Waals surface area contributed by atoms with Gasteiger partial charge in [-0.15, -0.1) is 0 Å². The van der Waals surface area contributed by atoms with E-state index in [0.29, 0.717) is 13.1 Å². The van der Waals surface area contributed by atoms with Gasteiger partial charge >= 0.3 is 12.1 Å². The Kier molecular flexibility index (Phi) is 7.20. The van der Waals surface area contributed by atoms with E-state index in [4.69, 9.17) is 4.74 Å². The van der Waals surface area contributed by atoms with Crippen LogP contribution >= 0.6 is 0 Å². The first-order valence-electron chi connectivity index (χ1n) is 10.5. The third-order valence-electron chi connectivity index (χ3n) is 5.02. The summed E-state index contributed by atoms with van der Waals surface area (Å²) in [6.07, 6.45) is 1.61. The van der Waals surface area contributed by atoms with Gasteiger partial charge in [-0.3, -0.25) is 0 Å². The molecule has 162 valence electrons. The molecule has 1 unspecified atom stereocenters. The Balaban J connectivity index is 1.97. The number of benzene rings is 1. The number of amides is 3. The van der Waals surface area contributed by atoms with Crippen molar-refractivity contribution in [1.82, 2.24) is 9.80 Å². The van der Waals surface area contributed by atoms with Gasteiger partial charge in [-0.1, -0.05) is 39.0 Å². The number of nitrogens with zero attached hydrogens (tertiary/aromatic N) is 2.